The maximum atomic E-state index is 12.9. The van der Waals surface area contributed by atoms with Crippen molar-refractivity contribution in [2.24, 2.45) is 0 Å². The minimum atomic E-state index is -4.71. The Morgan fingerprint density at radius 1 is 1.06 bits per heavy atom. The van der Waals surface area contributed by atoms with Crippen molar-refractivity contribution in [1.29, 1.82) is 0 Å². The molecule has 1 aliphatic rings. The maximum absolute atomic E-state index is 12.9. The summed E-state index contributed by atoms with van der Waals surface area (Å²) in [6, 6.07) is 5.07. The minimum absolute atomic E-state index is 0.0964. The predicted molar refractivity (Wildman–Crippen MR) is 105 cm³/mol. The Labute approximate surface area is 178 Å². The zero-order chi connectivity index (χ0) is 23.2. The van der Waals surface area contributed by atoms with Crippen molar-refractivity contribution in [2.45, 2.75) is 25.2 Å². The first-order valence-electron chi connectivity index (χ1n) is 9.25. The molecule has 1 amide bonds. The number of allylic oxidation sites excluding steroid dienone is 1. The van der Waals surface area contributed by atoms with E-state index in [1.165, 1.54) is 27.4 Å². The van der Waals surface area contributed by atoms with E-state index in [1.807, 2.05) is 0 Å². The van der Waals surface area contributed by atoms with Crippen molar-refractivity contribution in [2.75, 3.05) is 34.5 Å². The van der Waals surface area contributed by atoms with Crippen molar-refractivity contribution in [3.63, 3.8) is 0 Å². The monoisotopic (exact) mass is 443 g/mol. The van der Waals surface area contributed by atoms with E-state index >= 15 is 0 Å². The molecule has 31 heavy (non-hydrogen) atoms. The van der Waals surface area contributed by atoms with Gasteiger partial charge in [-0.05, 0) is 36.3 Å². The summed E-state index contributed by atoms with van der Waals surface area (Å²) in [4.78, 5) is 26.1. The van der Waals surface area contributed by atoms with E-state index in [-0.39, 0.29) is 18.7 Å². The smallest absolute Gasteiger partial charge is 0.411 e. The van der Waals surface area contributed by atoms with Gasteiger partial charge in [-0.2, -0.15) is 13.2 Å². The van der Waals surface area contributed by atoms with Gasteiger partial charge in [0.05, 0.1) is 21.3 Å². The van der Waals surface area contributed by atoms with Crippen LogP contribution in [0.2, 0.25) is 0 Å². The largest absolute Gasteiger partial charge is 0.497 e. The molecule has 170 valence electrons. The van der Waals surface area contributed by atoms with Crippen LogP contribution in [0.5, 0.6) is 11.5 Å². The number of hydrogen-bond donors (Lipinski definition) is 0. The van der Waals surface area contributed by atoms with Gasteiger partial charge in [-0.15, -0.1) is 0 Å². The van der Waals surface area contributed by atoms with E-state index in [1.54, 1.807) is 18.2 Å². The lowest BCUT2D eigenvalue weighted by molar-refractivity contribution is -0.221. The number of ether oxygens (including phenoxy) is 4. The standard InChI is InChI=1S/C21H24F3NO6/c1-14(26)25(10-9-15-5-7-17(29-3)18(11-15)30-4)20(31-13-21(22,23)24)12-16(28-2)6-8-19(20)27/h5-8,11-12H,9-10,13H2,1-4H3. The summed E-state index contributed by atoms with van der Waals surface area (Å²) in [5.41, 5.74) is -1.57. The summed E-state index contributed by atoms with van der Waals surface area (Å²) in [5.74, 6) is -0.409. The van der Waals surface area contributed by atoms with Crippen molar-refractivity contribution >= 4 is 11.7 Å². The first-order valence-corrected chi connectivity index (χ1v) is 9.25. The number of methoxy groups -OCH3 is 3. The zero-order valence-corrected chi connectivity index (χ0v) is 17.6. The number of nitrogens with zero attached hydrogens (tertiary/aromatic N) is 1. The summed E-state index contributed by atoms with van der Waals surface area (Å²) in [6.45, 7) is -0.671. The molecule has 0 radical (unpaired) electrons. The lowest BCUT2D eigenvalue weighted by Crippen LogP contribution is -2.59. The molecule has 0 saturated carbocycles. The van der Waals surface area contributed by atoms with Crippen LogP contribution < -0.4 is 9.47 Å². The van der Waals surface area contributed by atoms with Gasteiger partial charge in [-0.25, -0.2) is 0 Å². The average Bonchev–Trinajstić information content (AvgIpc) is 2.73. The third-order valence-electron chi connectivity index (χ3n) is 4.63. The van der Waals surface area contributed by atoms with E-state index < -0.39 is 30.2 Å². The van der Waals surface area contributed by atoms with Crippen LogP contribution in [-0.2, 0) is 25.5 Å². The van der Waals surface area contributed by atoms with Crippen molar-refractivity contribution in [3.05, 3.63) is 47.7 Å². The molecule has 0 aromatic heterocycles. The number of carbonyl (C=O) groups is 2. The highest BCUT2D eigenvalue weighted by atomic mass is 19.4. The molecule has 7 nitrogen and oxygen atoms in total. The highest BCUT2D eigenvalue weighted by Crippen LogP contribution is 2.32. The van der Waals surface area contributed by atoms with E-state index in [9.17, 15) is 22.8 Å². The van der Waals surface area contributed by atoms with Gasteiger partial charge in [-0.1, -0.05) is 6.07 Å². The first-order chi connectivity index (χ1) is 14.6. The van der Waals surface area contributed by atoms with Gasteiger partial charge >= 0.3 is 6.18 Å². The van der Waals surface area contributed by atoms with Crippen LogP contribution in [0.1, 0.15) is 12.5 Å². The Morgan fingerprint density at radius 2 is 1.74 bits per heavy atom. The SMILES string of the molecule is COC1=CC(OCC(F)(F)F)(N(CCc2ccc(OC)c(OC)c2)C(C)=O)C(=O)C=C1. The van der Waals surface area contributed by atoms with Crippen molar-refractivity contribution in [3.8, 4) is 11.5 Å². The van der Waals surface area contributed by atoms with E-state index in [0.717, 1.165) is 24.0 Å². The van der Waals surface area contributed by atoms with Crippen LogP contribution in [0.3, 0.4) is 0 Å². The lowest BCUT2D eigenvalue weighted by atomic mass is 9.98. The van der Waals surface area contributed by atoms with Gasteiger partial charge in [0.2, 0.25) is 17.4 Å². The number of halogens is 3. The molecule has 1 aromatic carbocycles. The fourth-order valence-corrected chi connectivity index (χ4v) is 3.14. The number of hydrogen-bond acceptors (Lipinski definition) is 6. The van der Waals surface area contributed by atoms with Crippen LogP contribution in [0.4, 0.5) is 13.2 Å². The molecular formula is C21H24F3NO6. The quantitative estimate of drug-likeness (QED) is 0.547. The second-order valence-electron chi connectivity index (χ2n) is 6.66. The molecule has 0 fully saturated rings. The summed E-state index contributed by atoms with van der Waals surface area (Å²) in [5, 5.41) is 0. The summed E-state index contributed by atoms with van der Waals surface area (Å²) < 4.78 is 59.3. The minimum Gasteiger partial charge on any atom is -0.497 e. The van der Waals surface area contributed by atoms with Crippen LogP contribution in [0, 0.1) is 0 Å². The molecule has 2 rings (SSSR count). The van der Waals surface area contributed by atoms with Crippen LogP contribution in [-0.4, -0.2) is 63.0 Å². The lowest BCUT2D eigenvalue weighted by Gasteiger charge is -2.40. The second-order valence-corrected chi connectivity index (χ2v) is 6.66. The van der Waals surface area contributed by atoms with Gasteiger partial charge in [0, 0.05) is 19.5 Å². The molecule has 0 bridgehead atoms. The highest BCUT2D eigenvalue weighted by Gasteiger charge is 2.48. The van der Waals surface area contributed by atoms with Gasteiger partial charge < -0.3 is 23.8 Å². The second kappa shape index (κ2) is 9.86. The zero-order valence-electron chi connectivity index (χ0n) is 17.6. The van der Waals surface area contributed by atoms with Gasteiger partial charge in [0.15, 0.2) is 11.5 Å². The van der Waals surface area contributed by atoms with Crippen LogP contribution in [0.15, 0.2) is 42.2 Å². The molecule has 0 aliphatic heterocycles. The van der Waals surface area contributed by atoms with E-state index in [0.29, 0.717) is 17.1 Å². The average molecular weight is 443 g/mol. The Balaban J connectivity index is 2.39. The fraction of sp³-hybridized carbons (Fsp3) is 0.429. The fourth-order valence-electron chi connectivity index (χ4n) is 3.14. The summed E-state index contributed by atoms with van der Waals surface area (Å²) in [6.07, 6.45) is -1.09. The number of alkyl halides is 3. The Bertz CT molecular complexity index is 880. The molecule has 1 atom stereocenters. The molecule has 1 aliphatic carbocycles. The summed E-state index contributed by atoms with van der Waals surface area (Å²) >= 11 is 0. The number of ketones is 1. The molecule has 0 saturated heterocycles. The molecule has 0 N–H and O–H groups in total. The maximum Gasteiger partial charge on any atom is 0.411 e. The van der Waals surface area contributed by atoms with Crippen molar-refractivity contribution < 1.29 is 41.7 Å². The van der Waals surface area contributed by atoms with Crippen molar-refractivity contribution in [1.82, 2.24) is 4.90 Å². The molecular weight excluding hydrogens is 419 g/mol. The van der Waals surface area contributed by atoms with Crippen LogP contribution >= 0.6 is 0 Å². The summed E-state index contributed by atoms with van der Waals surface area (Å²) in [7, 11) is 4.24. The Hall–Kier alpha value is -3.01. The van der Waals surface area contributed by atoms with E-state index in [4.69, 9.17) is 18.9 Å². The Morgan fingerprint density at radius 3 is 2.29 bits per heavy atom. The molecule has 10 heteroatoms. The third-order valence-corrected chi connectivity index (χ3v) is 4.63. The first kappa shape index (κ1) is 24.3. The number of rotatable bonds is 9. The Kier molecular flexibility index (Phi) is 7.72. The predicted octanol–water partition coefficient (Wildman–Crippen LogP) is 3.04. The van der Waals surface area contributed by atoms with E-state index in [2.05, 4.69) is 0 Å². The molecule has 0 heterocycles. The highest BCUT2D eigenvalue weighted by molar-refractivity contribution is 6.02. The number of benzene rings is 1. The molecule has 0 spiro atoms. The topological polar surface area (TPSA) is 74.3 Å². The number of amides is 1. The van der Waals surface area contributed by atoms with Gasteiger partial charge in [0.1, 0.15) is 12.4 Å². The third kappa shape index (κ3) is 5.78. The van der Waals surface area contributed by atoms with Gasteiger partial charge in [-0.3, -0.25) is 9.59 Å². The van der Waals surface area contributed by atoms with Crippen LogP contribution in [0.25, 0.3) is 0 Å². The molecule has 1 unspecified atom stereocenters. The molecule has 1 aromatic rings. The normalized spacial score (nSPS) is 18.4. The number of carbonyl (C=O) groups excluding carboxylic acids is 2. The van der Waals surface area contributed by atoms with Gasteiger partial charge in [0.25, 0.3) is 0 Å².